The number of esters is 2. The van der Waals surface area contributed by atoms with Gasteiger partial charge in [-0.2, -0.15) is 0 Å². The van der Waals surface area contributed by atoms with Crippen molar-refractivity contribution in [3.05, 3.63) is 0 Å². The van der Waals surface area contributed by atoms with E-state index in [1.807, 2.05) is 0 Å². The Hall–Kier alpha value is -1.06. The molecule has 0 amide bonds. The average Bonchev–Trinajstić information content (AvgIpc) is 2.58. The van der Waals surface area contributed by atoms with Crippen molar-refractivity contribution < 1.29 is 19.1 Å². The first kappa shape index (κ1) is 22.0. The van der Waals surface area contributed by atoms with Gasteiger partial charge in [0.05, 0.1) is 18.4 Å². The Morgan fingerprint density at radius 2 is 1.52 bits per heavy atom. The summed E-state index contributed by atoms with van der Waals surface area (Å²) in [6, 6.07) is 0. The Morgan fingerprint density at radius 3 is 2.08 bits per heavy atom. The van der Waals surface area contributed by atoms with Crippen molar-refractivity contribution in [2.24, 2.45) is 23.7 Å². The van der Waals surface area contributed by atoms with E-state index < -0.39 is 0 Å². The van der Waals surface area contributed by atoms with Crippen LogP contribution in [0.4, 0.5) is 0 Å². The third-order valence-corrected chi connectivity index (χ3v) is 5.15. The second-order valence-electron chi connectivity index (χ2n) is 8.18. The van der Waals surface area contributed by atoms with Crippen molar-refractivity contribution in [2.45, 2.75) is 92.1 Å². The summed E-state index contributed by atoms with van der Waals surface area (Å²) in [6.07, 6.45) is 7.46. The van der Waals surface area contributed by atoms with Crippen LogP contribution in [0.1, 0.15) is 86.0 Å². The largest absolute Gasteiger partial charge is 0.465 e. The summed E-state index contributed by atoms with van der Waals surface area (Å²) in [5, 5.41) is 0. The van der Waals surface area contributed by atoms with E-state index in [0.29, 0.717) is 24.9 Å². The van der Waals surface area contributed by atoms with Gasteiger partial charge >= 0.3 is 11.9 Å². The first-order valence-corrected chi connectivity index (χ1v) is 10.2. The van der Waals surface area contributed by atoms with Crippen LogP contribution in [0.15, 0.2) is 0 Å². The summed E-state index contributed by atoms with van der Waals surface area (Å²) in [4.78, 5) is 24.8. The standard InChI is InChI=1S/C21H38O4/c1-6-7-8-9-13-24-20(22)17-11-10-12-18(14-17)21(23)25-19(15(2)3)16(4)5/h15-19H,6-14H2,1-5H3. The highest BCUT2D eigenvalue weighted by Gasteiger charge is 2.34. The molecule has 0 aromatic rings. The molecule has 1 saturated carbocycles. The number of ether oxygens (including phenoxy) is 2. The van der Waals surface area contributed by atoms with Gasteiger partial charge in [-0.25, -0.2) is 0 Å². The van der Waals surface area contributed by atoms with E-state index in [9.17, 15) is 9.59 Å². The van der Waals surface area contributed by atoms with E-state index in [4.69, 9.17) is 9.47 Å². The van der Waals surface area contributed by atoms with Crippen molar-refractivity contribution in [1.82, 2.24) is 0 Å². The summed E-state index contributed by atoms with van der Waals surface area (Å²) < 4.78 is 11.2. The number of rotatable bonds is 10. The summed E-state index contributed by atoms with van der Waals surface area (Å²) in [5.74, 6) is 0.0411. The molecule has 0 aliphatic heterocycles. The molecule has 1 fully saturated rings. The predicted molar refractivity (Wildman–Crippen MR) is 100 cm³/mol. The number of hydrogen-bond donors (Lipinski definition) is 0. The van der Waals surface area contributed by atoms with Gasteiger partial charge in [0.2, 0.25) is 0 Å². The Labute approximate surface area is 154 Å². The molecular weight excluding hydrogens is 316 g/mol. The smallest absolute Gasteiger partial charge is 0.309 e. The van der Waals surface area contributed by atoms with Gasteiger partial charge in [0.25, 0.3) is 0 Å². The fourth-order valence-corrected chi connectivity index (χ4v) is 3.71. The van der Waals surface area contributed by atoms with E-state index in [0.717, 1.165) is 32.1 Å². The van der Waals surface area contributed by atoms with E-state index in [2.05, 4.69) is 34.6 Å². The van der Waals surface area contributed by atoms with Crippen LogP contribution in [0.3, 0.4) is 0 Å². The number of unbranched alkanes of at least 4 members (excludes halogenated alkanes) is 3. The van der Waals surface area contributed by atoms with Gasteiger partial charge in [-0.15, -0.1) is 0 Å². The Bertz CT molecular complexity index is 395. The van der Waals surface area contributed by atoms with Crippen LogP contribution in [0.25, 0.3) is 0 Å². The molecule has 0 heterocycles. The van der Waals surface area contributed by atoms with Gasteiger partial charge in [0.15, 0.2) is 0 Å². The average molecular weight is 355 g/mol. The van der Waals surface area contributed by atoms with Crippen LogP contribution in [-0.4, -0.2) is 24.6 Å². The van der Waals surface area contributed by atoms with Crippen molar-refractivity contribution in [3.8, 4) is 0 Å². The normalized spacial score (nSPS) is 21.0. The minimum Gasteiger partial charge on any atom is -0.465 e. The minimum atomic E-state index is -0.161. The highest BCUT2D eigenvalue weighted by Crippen LogP contribution is 2.32. The molecule has 1 aliphatic rings. The third-order valence-electron chi connectivity index (χ3n) is 5.15. The lowest BCUT2D eigenvalue weighted by atomic mass is 9.81. The Morgan fingerprint density at radius 1 is 0.920 bits per heavy atom. The molecule has 2 atom stereocenters. The number of carbonyl (C=O) groups excluding carboxylic acids is 2. The second-order valence-corrected chi connectivity index (χ2v) is 8.18. The summed E-state index contributed by atoms with van der Waals surface area (Å²) in [5.41, 5.74) is 0. The van der Waals surface area contributed by atoms with Gasteiger partial charge in [-0.3, -0.25) is 9.59 Å². The summed E-state index contributed by atoms with van der Waals surface area (Å²) in [7, 11) is 0. The molecule has 0 spiro atoms. The van der Waals surface area contributed by atoms with Gasteiger partial charge in [-0.05, 0) is 37.5 Å². The minimum absolute atomic E-state index is 0.0570. The first-order chi connectivity index (χ1) is 11.9. The molecule has 0 aromatic carbocycles. The maximum Gasteiger partial charge on any atom is 0.309 e. The molecule has 146 valence electrons. The molecule has 4 heteroatoms. The van der Waals surface area contributed by atoms with Gasteiger partial charge in [-0.1, -0.05) is 60.3 Å². The van der Waals surface area contributed by atoms with Crippen LogP contribution >= 0.6 is 0 Å². The van der Waals surface area contributed by atoms with Crippen molar-refractivity contribution >= 4 is 11.9 Å². The lowest BCUT2D eigenvalue weighted by molar-refractivity contribution is -0.162. The zero-order chi connectivity index (χ0) is 18.8. The fourth-order valence-electron chi connectivity index (χ4n) is 3.71. The topological polar surface area (TPSA) is 52.6 Å². The second kappa shape index (κ2) is 11.5. The van der Waals surface area contributed by atoms with Crippen LogP contribution < -0.4 is 0 Å². The molecule has 2 unspecified atom stereocenters. The van der Waals surface area contributed by atoms with Crippen LogP contribution in [0.2, 0.25) is 0 Å². The molecule has 0 N–H and O–H groups in total. The molecular formula is C21H38O4. The quantitative estimate of drug-likeness (QED) is 0.402. The molecule has 4 nitrogen and oxygen atoms in total. The van der Waals surface area contributed by atoms with Crippen LogP contribution in [0, 0.1) is 23.7 Å². The van der Waals surface area contributed by atoms with Gasteiger partial charge < -0.3 is 9.47 Å². The molecule has 1 rings (SSSR count). The highest BCUT2D eigenvalue weighted by atomic mass is 16.5. The summed E-state index contributed by atoms with van der Waals surface area (Å²) in [6.45, 7) is 11.0. The monoisotopic (exact) mass is 354 g/mol. The third kappa shape index (κ3) is 7.79. The predicted octanol–water partition coefficient (Wildman–Crippen LogP) is 5.14. The number of hydrogen-bond acceptors (Lipinski definition) is 4. The van der Waals surface area contributed by atoms with Crippen molar-refractivity contribution in [3.63, 3.8) is 0 Å². The SMILES string of the molecule is CCCCCCOC(=O)C1CCCC(C(=O)OC(C(C)C)C(C)C)C1. The molecule has 0 radical (unpaired) electrons. The molecule has 0 saturated heterocycles. The van der Waals surface area contributed by atoms with E-state index >= 15 is 0 Å². The lowest BCUT2D eigenvalue weighted by Gasteiger charge is -2.30. The summed E-state index contributed by atoms with van der Waals surface area (Å²) >= 11 is 0. The first-order valence-electron chi connectivity index (χ1n) is 10.2. The number of carbonyl (C=O) groups is 2. The molecule has 25 heavy (non-hydrogen) atoms. The van der Waals surface area contributed by atoms with Gasteiger partial charge in [0, 0.05) is 0 Å². The lowest BCUT2D eigenvalue weighted by Crippen LogP contribution is -2.35. The van der Waals surface area contributed by atoms with Crippen LogP contribution in [-0.2, 0) is 19.1 Å². The van der Waals surface area contributed by atoms with Crippen LogP contribution in [0.5, 0.6) is 0 Å². The Kier molecular flexibility index (Phi) is 10.1. The van der Waals surface area contributed by atoms with E-state index in [-0.39, 0.29) is 29.9 Å². The zero-order valence-corrected chi connectivity index (χ0v) is 16.9. The zero-order valence-electron chi connectivity index (χ0n) is 16.9. The van der Waals surface area contributed by atoms with Crippen molar-refractivity contribution in [2.75, 3.05) is 6.61 Å². The molecule has 0 aromatic heterocycles. The van der Waals surface area contributed by atoms with E-state index in [1.165, 1.54) is 12.8 Å². The van der Waals surface area contributed by atoms with Crippen molar-refractivity contribution in [1.29, 1.82) is 0 Å². The Balaban J connectivity index is 2.44. The maximum absolute atomic E-state index is 12.5. The highest BCUT2D eigenvalue weighted by molar-refractivity contribution is 5.76. The molecule has 0 bridgehead atoms. The van der Waals surface area contributed by atoms with E-state index in [1.54, 1.807) is 0 Å². The molecule has 1 aliphatic carbocycles. The maximum atomic E-state index is 12.5. The van der Waals surface area contributed by atoms with Gasteiger partial charge in [0.1, 0.15) is 6.10 Å². The fraction of sp³-hybridized carbons (Fsp3) is 0.905.